The van der Waals surface area contributed by atoms with Gasteiger partial charge in [0, 0.05) is 11.6 Å². The van der Waals surface area contributed by atoms with E-state index in [2.05, 4.69) is 4.74 Å². The molecule has 1 aromatic rings. The molecule has 82 valence electrons. The fourth-order valence-electron chi connectivity index (χ4n) is 1.07. The third-order valence-electron chi connectivity index (χ3n) is 1.73. The first kappa shape index (κ1) is 11.6. The third kappa shape index (κ3) is 2.97. The van der Waals surface area contributed by atoms with Crippen molar-refractivity contribution in [2.24, 2.45) is 0 Å². The van der Waals surface area contributed by atoms with Crippen molar-refractivity contribution in [1.29, 1.82) is 0 Å². The number of ether oxygens (including phenoxy) is 1. The van der Waals surface area contributed by atoms with Gasteiger partial charge in [-0.2, -0.15) is 0 Å². The van der Waals surface area contributed by atoms with Gasteiger partial charge in [0.25, 0.3) is 0 Å². The summed E-state index contributed by atoms with van der Waals surface area (Å²) < 4.78 is 42.8. The van der Waals surface area contributed by atoms with Gasteiger partial charge in [-0.3, -0.25) is 4.79 Å². The minimum absolute atomic E-state index is 0.157. The molecular weight excluding hydrogens is 209 g/mol. The highest BCUT2D eigenvalue weighted by Crippen LogP contribution is 2.14. The van der Waals surface area contributed by atoms with E-state index in [1.165, 1.54) is 0 Å². The molecule has 0 fully saturated rings. The molecule has 0 heterocycles. The first-order valence-corrected chi connectivity index (χ1v) is 4.33. The zero-order valence-corrected chi connectivity index (χ0v) is 8.02. The van der Waals surface area contributed by atoms with Gasteiger partial charge in [-0.15, -0.1) is 0 Å². The normalized spacial score (nSPS) is 10.1. The molecule has 0 aliphatic heterocycles. The van der Waals surface area contributed by atoms with Crippen LogP contribution >= 0.6 is 0 Å². The molecule has 1 aromatic carbocycles. The summed E-state index contributed by atoms with van der Waals surface area (Å²) in [6, 6.07) is 1.06. The Balaban J connectivity index is 2.86. The van der Waals surface area contributed by atoms with Crippen LogP contribution in [0.2, 0.25) is 0 Å². The van der Waals surface area contributed by atoms with Gasteiger partial charge in [-0.1, -0.05) is 0 Å². The standard InChI is InChI=1S/C10H9F3O2/c1-2-15-10(14)4-6-3-8(12)9(13)5-7(6)11/h3,5H,2,4H2,1H3. The molecule has 0 spiro atoms. The quantitative estimate of drug-likeness (QED) is 0.574. The van der Waals surface area contributed by atoms with E-state index in [0.717, 1.165) is 0 Å². The second-order valence-corrected chi connectivity index (χ2v) is 2.84. The summed E-state index contributed by atoms with van der Waals surface area (Å²) in [5, 5.41) is 0. The molecular formula is C10H9F3O2. The van der Waals surface area contributed by atoms with Crippen LogP contribution in [-0.2, 0) is 16.0 Å². The molecule has 0 amide bonds. The van der Waals surface area contributed by atoms with Crippen molar-refractivity contribution in [2.45, 2.75) is 13.3 Å². The molecule has 15 heavy (non-hydrogen) atoms. The highest BCUT2D eigenvalue weighted by molar-refractivity contribution is 5.72. The maximum atomic E-state index is 13.0. The Bertz CT molecular complexity index is 377. The van der Waals surface area contributed by atoms with Crippen molar-refractivity contribution in [2.75, 3.05) is 6.61 Å². The first-order chi connectivity index (χ1) is 7.04. The summed E-state index contributed by atoms with van der Waals surface area (Å²) in [5.41, 5.74) is -0.215. The number of hydrogen-bond donors (Lipinski definition) is 0. The zero-order valence-electron chi connectivity index (χ0n) is 8.02. The highest BCUT2D eigenvalue weighted by atomic mass is 19.2. The van der Waals surface area contributed by atoms with E-state index in [-0.39, 0.29) is 12.2 Å². The van der Waals surface area contributed by atoms with E-state index < -0.39 is 29.8 Å². The van der Waals surface area contributed by atoms with Gasteiger partial charge < -0.3 is 4.74 Å². The van der Waals surface area contributed by atoms with Crippen LogP contribution in [0.1, 0.15) is 12.5 Å². The molecule has 0 atom stereocenters. The van der Waals surface area contributed by atoms with Crippen LogP contribution in [0.3, 0.4) is 0 Å². The Labute approximate surface area is 84.7 Å². The lowest BCUT2D eigenvalue weighted by Crippen LogP contribution is -2.09. The van der Waals surface area contributed by atoms with Crippen LogP contribution in [0.15, 0.2) is 12.1 Å². The molecule has 1 rings (SSSR count). The van der Waals surface area contributed by atoms with Crippen LogP contribution in [0.25, 0.3) is 0 Å². The van der Waals surface area contributed by atoms with Gasteiger partial charge in [-0.05, 0) is 13.0 Å². The second kappa shape index (κ2) is 4.82. The number of hydrogen-bond acceptors (Lipinski definition) is 2. The lowest BCUT2D eigenvalue weighted by atomic mass is 10.1. The number of esters is 1. The van der Waals surface area contributed by atoms with Crippen molar-refractivity contribution < 1.29 is 22.7 Å². The average Bonchev–Trinajstić information content (AvgIpc) is 2.14. The summed E-state index contributed by atoms with van der Waals surface area (Å²) in [6.45, 7) is 1.75. The van der Waals surface area contributed by atoms with Crippen molar-refractivity contribution in [3.63, 3.8) is 0 Å². The lowest BCUT2D eigenvalue weighted by molar-refractivity contribution is -0.142. The molecule has 0 unspecified atom stereocenters. The predicted molar refractivity (Wildman–Crippen MR) is 46.7 cm³/mol. The lowest BCUT2D eigenvalue weighted by Gasteiger charge is -2.04. The van der Waals surface area contributed by atoms with Gasteiger partial charge in [-0.25, -0.2) is 13.2 Å². The van der Waals surface area contributed by atoms with Crippen molar-refractivity contribution in [3.05, 3.63) is 35.1 Å². The fourth-order valence-corrected chi connectivity index (χ4v) is 1.07. The zero-order chi connectivity index (χ0) is 11.4. The molecule has 0 bridgehead atoms. The maximum absolute atomic E-state index is 13.0. The Morgan fingerprint density at radius 3 is 2.40 bits per heavy atom. The van der Waals surface area contributed by atoms with Crippen LogP contribution in [0.4, 0.5) is 13.2 Å². The predicted octanol–water partition coefficient (Wildman–Crippen LogP) is 2.21. The first-order valence-electron chi connectivity index (χ1n) is 4.33. The largest absolute Gasteiger partial charge is 0.466 e. The van der Waals surface area contributed by atoms with Gasteiger partial charge in [0.2, 0.25) is 0 Å². The number of benzene rings is 1. The number of rotatable bonds is 3. The van der Waals surface area contributed by atoms with Crippen LogP contribution in [-0.4, -0.2) is 12.6 Å². The van der Waals surface area contributed by atoms with Gasteiger partial charge in [0.05, 0.1) is 13.0 Å². The molecule has 0 N–H and O–H groups in total. The summed E-state index contributed by atoms with van der Waals surface area (Å²) in [5.74, 6) is -4.10. The van der Waals surface area contributed by atoms with Gasteiger partial charge in [0.1, 0.15) is 5.82 Å². The molecule has 0 saturated heterocycles. The van der Waals surface area contributed by atoms with E-state index in [9.17, 15) is 18.0 Å². The molecule has 5 heteroatoms. The van der Waals surface area contributed by atoms with Crippen LogP contribution in [0, 0.1) is 17.5 Å². The minimum atomic E-state index is -1.28. The second-order valence-electron chi connectivity index (χ2n) is 2.84. The number of halogens is 3. The van der Waals surface area contributed by atoms with E-state index in [1.807, 2.05) is 0 Å². The van der Waals surface area contributed by atoms with Crippen molar-refractivity contribution >= 4 is 5.97 Å². The molecule has 0 saturated carbocycles. The van der Waals surface area contributed by atoms with E-state index >= 15 is 0 Å². The van der Waals surface area contributed by atoms with Crippen LogP contribution in [0.5, 0.6) is 0 Å². The minimum Gasteiger partial charge on any atom is -0.466 e. The Morgan fingerprint density at radius 2 is 1.80 bits per heavy atom. The highest BCUT2D eigenvalue weighted by Gasteiger charge is 2.13. The monoisotopic (exact) mass is 218 g/mol. The summed E-state index contributed by atoms with van der Waals surface area (Å²) in [6.07, 6.45) is -0.406. The molecule has 0 aliphatic carbocycles. The van der Waals surface area contributed by atoms with Crippen molar-refractivity contribution in [3.8, 4) is 0 Å². The average molecular weight is 218 g/mol. The number of carbonyl (C=O) groups is 1. The summed E-state index contributed by atoms with van der Waals surface area (Å²) in [7, 11) is 0. The van der Waals surface area contributed by atoms with Gasteiger partial charge in [0.15, 0.2) is 11.6 Å². The van der Waals surface area contributed by atoms with E-state index in [4.69, 9.17) is 0 Å². The Kier molecular flexibility index (Phi) is 3.71. The smallest absolute Gasteiger partial charge is 0.310 e. The van der Waals surface area contributed by atoms with Gasteiger partial charge >= 0.3 is 5.97 Å². The van der Waals surface area contributed by atoms with Crippen LogP contribution < -0.4 is 0 Å². The maximum Gasteiger partial charge on any atom is 0.310 e. The fraction of sp³-hybridized carbons (Fsp3) is 0.300. The summed E-state index contributed by atoms with van der Waals surface area (Å²) >= 11 is 0. The third-order valence-corrected chi connectivity index (χ3v) is 1.73. The Morgan fingerprint density at radius 1 is 1.20 bits per heavy atom. The molecule has 0 aliphatic rings. The molecule has 2 nitrogen and oxygen atoms in total. The summed E-state index contributed by atoms with van der Waals surface area (Å²) in [4.78, 5) is 11.0. The number of carbonyl (C=O) groups excluding carboxylic acids is 1. The SMILES string of the molecule is CCOC(=O)Cc1cc(F)c(F)cc1F. The Hall–Kier alpha value is -1.52. The van der Waals surface area contributed by atoms with E-state index in [0.29, 0.717) is 12.1 Å². The molecule has 0 aromatic heterocycles. The van der Waals surface area contributed by atoms with E-state index in [1.54, 1.807) is 6.92 Å². The topological polar surface area (TPSA) is 26.3 Å². The van der Waals surface area contributed by atoms with Crippen molar-refractivity contribution in [1.82, 2.24) is 0 Å². The molecule has 0 radical (unpaired) electrons.